The van der Waals surface area contributed by atoms with Gasteiger partial charge in [0.1, 0.15) is 11.5 Å². The van der Waals surface area contributed by atoms with Crippen molar-refractivity contribution in [2.45, 2.75) is 24.7 Å². The number of aromatic amines is 1. The molecule has 1 fully saturated rings. The van der Waals surface area contributed by atoms with Crippen LogP contribution in [0.2, 0.25) is 0 Å². The zero-order valence-electron chi connectivity index (χ0n) is 12.4. The monoisotopic (exact) mass is 331 g/mol. The Hall–Kier alpha value is -2.70. The number of hydrogen-bond donors (Lipinski definition) is 1. The van der Waals surface area contributed by atoms with Crippen molar-refractivity contribution in [1.29, 1.82) is 0 Å². The summed E-state index contributed by atoms with van der Waals surface area (Å²) in [6.07, 6.45) is 2.62. The highest BCUT2D eigenvalue weighted by molar-refractivity contribution is 5.81. The first kappa shape index (κ1) is 14.9. The Morgan fingerprint density at radius 1 is 1.17 bits per heavy atom. The quantitative estimate of drug-likeness (QED) is 0.799. The van der Waals surface area contributed by atoms with Crippen LogP contribution in [-0.4, -0.2) is 15.0 Å². The summed E-state index contributed by atoms with van der Waals surface area (Å²) in [5, 5.41) is 0.283. The zero-order chi connectivity index (χ0) is 16.9. The number of rotatable bonds is 3. The van der Waals surface area contributed by atoms with Gasteiger partial charge < -0.3 is 4.98 Å². The van der Waals surface area contributed by atoms with E-state index in [4.69, 9.17) is 0 Å². The minimum atomic E-state index is -3.63. The molecule has 1 aliphatic carbocycles. The summed E-state index contributed by atoms with van der Waals surface area (Å²) in [4.78, 5) is 21.8. The molecule has 0 unspecified atom stereocenters. The first-order valence-corrected chi connectivity index (χ1v) is 7.50. The van der Waals surface area contributed by atoms with Gasteiger partial charge in [0.2, 0.25) is 0 Å². The molecule has 1 aliphatic rings. The largest absolute Gasteiger partial charge is 0.346 e. The fraction of sp³-hybridized carbons (Fsp3) is 0.235. The van der Waals surface area contributed by atoms with Crippen LogP contribution < -0.4 is 5.56 Å². The number of nitrogens with zero attached hydrogens (tertiary/aromatic N) is 2. The minimum absolute atomic E-state index is 0.258. The molecule has 2 aromatic heterocycles. The highest BCUT2D eigenvalue weighted by atomic mass is 19.3. The van der Waals surface area contributed by atoms with Crippen molar-refractivity contribution in [2.24, 2.45) is 0 Å². The van der Waals surface area contributed by atoms with Gasteiger partial charge in [0.25, 0.3) is 5.56 Å². The van der Waals surface area contributed by atoms with Crippen LogP contribution in [0.15, 0.2) is 41.3 Å². The molecule has 2 heterocycles. The highest BCUT2D eigenvalue weighted by Gasteiger charge is 2.39. The van der Waals surface area contributed by atoms with E-state index in [2.05, 4.69) is 15.0 Å². The summed E-state index contributed by atoms with van der Waals surface area (Å²) in [6, 6.07) is 6.87. The maximum atomic E-state index is 14.7. The lowest BCUT2D eigenvalue weighted by Gasteiger charge is -2.16. The highest BCUT2D eigenvalue weighted by Crippen LogP contribution is 2.42. The second-order valence-electron chi connectivity index (χ2n) is 5.87. The minimum Gasteiger partial charge on any atom is -0.305 e. The topological polar surface area (TPSA) is 58.6 Å². The standard InChI is InChI=1S/C17H12F3N3O/c18-10-6-7-13(21-8-10)17(19,20)16-22-14-11(9-4-5-9)2-1-3-12(14)15(24)23-16/h1-3,6-9H,4-5H2,(H,22,23,24). The van der Waals surface area contributed by atoms with Gasteiger partial charge in [0.05, 0.1) is 17.1 Å². The molecule has 0 bridgehead atoms. The summed E-state index contributed by atoms with van der Waals surface area (Å²) in [6.45, 7) is 0. The molecule has 0 aliphatic heterocycles. The van der Waals surface area contributed by atoms with E-state index in [1.165, 1.54) is 0 Å². The summed E-state index contributed by atoms with van der Waals surface area (Å²) in [5.74, 6) is -4.87. The summed E-state index contributed by atoms with van der Waals surface area (Å²) in [7, 11) is 0. The van der Waals surface area contributed by atoms with Crippen LogP contribution in [0.4, 0.5) is 13.2 Å². The van der Waals surface area contributed by atoms with Crippen LogP contribution in [-0.2, 0) is 5.92 Å². The lowest BCUT2D eigenvalue weighted by Crippen LogP contribution is -2.25. The van der Waals surface area contributed by atoms with Crippen LogP contribution in [0.5, 0.6) is 0 Å². The molecular formula is C17H12F3N3O. The molecule has 1 N–H and O–H groups in total. The van der Waals surface area contributed by atoms with Crippen LogP contribution in [0.25, 0.3) is 10.9 Å². The van der Waals surface area contributed by atoms with Gasteiger partial charge in [-0.15, -0.1) is 0 Å². The van der Waals surface area contributed by atoms with E-state index in [1.54, 1.807) is 12.1 Å². The Bertz CT molecular complexity index is 979. The summed E-state index contributed by atoms with van der Waals surface area (Å²) < 4.78 is 42.2. The molecule has 3 aromatic rings. The molecule has 0 saturated heterocycles. The molecular weight excluding hydrogens is 319 g/mol. The van der Waals surface area contributed by atoms with Crippen molar-refractivity contribution in [1.82, 2.24) is 15.0 Å². The number of hydrogen-bond acceptors (Lipinski definition) is 3. The number of halogens is 3. The van der Waals surface area contributed by atoms with Crippen LogP contribution >= 0.6 is 0 Å². The molecule has 1 saturated carbocycles. The number of para-hydroxylation sites is 1. The second-order valence-corrected chi connectivity index (χ2v) is 5.87. The van der Waals surface area contributed by atoms with E-state index in [0.717, 1.165) is 30.5 Å². The Morgan fingerprint density at radius 3 is 2.62 bits per heavy atom. The molecule has 4 rings (SSSR count). The normalized spacial score (nSPS) is 15.0. The van der Waals surface area contributed by atoms with Crippen molar-refractivity contribution in [3.05, 3.63) is 69.8 Å². The average Bonchev–Trinajstić information content (AvgIpc) is 3.39. The van der Waals surface area contributed by atoms with Gasteiger partial charge in [-0.2, -0.15) is 8.78 Å². The fourth-order valence-electron chi connectivity index (χ4n) is 2.74. The lowest BCUT2D eigenvalue weighted by molar-refractivity contribution is 0.0281. The van der Waals surface area contributed by atoms with E-state index in [9.17, 15) is 18.0 Å². The predicted molar refractivity (Wildman–Crippen MR) is 81.5 cm³/mol. The summed E-state index contributed by atoms with van der Waals surface area (Å²) >= 11 is 0. The molecule has 0 amide bonds. The Balaban J connectivity index is 1.91. The number of fused-ring (bicyclic) bond motifs is 1. The Morgan fingerprint density at radius 2 is 1.96 bits per heavy atom. The van der Waals surface area contributed by atoms with Crippen molar-refractivity contribution in [3.63, 3.8) is 0 Å². The molecule has 24 heavy (non-hydrogen) atoms. The number of aromatic nitrogens is 3. The van der Waals surface area contributed by atoms with Crippen LogP contribution in [0.1, 0.15) is 35.8 Å². The van der Waals surface area contributed by atoms with Gasteiger partial charge in [-0.1, -0.05) is 12.1 Å². The van der Waals surface area contributed by atoms with Gasteiger partial charge in [-0.05, 0) is 42.5 Å². The predicted octanol–water partition coefficient (Wildman–Crippen LogP) is 3.47. The van der Waals surface area contributed by atoms with E-state index >= 15 is 0 Å². The Kier molecular flexibility index (Phi) is 3.19. The maximum Gasteiger partial charge on any atom is 0.346 e. The molecule has 0 radical (unpaired) electrons. The molecule has 0 atom stereocenters. The fourth-order valence-corrected chi connectivity index (χ4v) is 2.74. The van der Waals surface area contributed by atoms with Crippen molar-refractivity contribution in [3.8, 4) is 0 Å². The van der Waals surface area contributed by atoms with Crippen molar-refractivity contribution in [2.75, 3.05) is 0 Å². The molecule has 1 aromatic carbocycles. The van der Waals surface area contributed by atoms with E-state index in [1.807, 2.05) is 6.07 Å². The third-order valence-electron chi connectivity index (χ3n) is 4.13. The lowest BCUT2D eigenvalue weighted by atomic mass is 10.1. The van der Waals surface area contributed by atoms with Crippen molar-refractivity contribution < 1.29 is 13.2 Å². The first-order valence-electron chi connectivity index (χ1n) is 7.50. The average molecular weight is 331 g/mol. The van der Waals surface area contributed by atoms with Gasteiger partial charge in [-0.25, -0.2) is 9.37 Å². The van der Waals surface area contributed by atoms with E-state index in [-0.39, 0.29) is 11.3 Å². The smallest absolute Gasteiger partial charge is 0.305 e. The Labute approximate surface area is 134 Å². The number of H-pyrrole nitrogens is 1. The SMILES string of the molecule is O=c1[nH]c(C(F)(F)c2ccc(F)cn2)nc2c(C3CC3)cccc12. The van der Waals surface area contributed by atoms with Gasteiger partial charge in [0, 0.05) is 0 Å². The van der Waals surface area contributed by atoms with Gasteiger partial charge in [0.15, 0.2) is 5.82 Å². The maximum absolute atomic E-state index is 14.7. The second kappa shape index (κ2) is 5.15. The number of nitrogens with one attached hydrogen (secondary N) is 1. The summed E-state index contributed by atoms with van der Waals surface area (Å²) in [5.41, 5.74) is -0.196. The number of benzene rings is 1. The third-order valence-corrected chi connectivity index (χ3v) is 4.13. The number of pyridine rings is 1. The van der Waals surface area contributed by atoms with Crippen molar-refractivity contribution >= 4 is 10.9 Å². The van der Waals surface area contributed by atoms with Crippen LogP contribution in [0.3, 0.4) is 0 Å². The first-order chi connectivity index (χ1) is 11.5. The molecule has 4 nitrogen and oxygen atoms in total. The zero-order valence-corrected chi connectivity index (χ0v) is 12.4. The molecule has 122 valence electrons. The number of alkyl halides is 2. The van der Waals surface area contributed by atoms with Gasteiger partial charge >= 0.3 is 5.92 Å². The van der Waals surface area contributed by atoms with E-state index in [0.29, 0.717) is 11.7 Å². The third kappa shape index (κ3) is 2.36. The molecule has 7 heteroatoms. The molecule has 0 spiro atoms. The van der Waals surface area contributed by atoms with E-state index < -0.39 is 28.8 Å². The van der Waals surface area contributed by atoms with Gasteiger partial charge in [-0.3, -0.25) is 9.78 Å². The van der Waals surface area contributed by atoms with Crippen LogP contribution in [0, 0.1) is 5.82 Å².